The minimum atomic E-state index is -2.14. The molecular formula is C14H22N2O5. The summed E-state index contributed by atoms with van der Waals surface area (Å²) < 4.78 is 0. The summed E-state index contributed by atoms with van der Waals surface area (Å²) in [5.74, 6) is -1.86. The van der Waals surface area contributed by atoms with Gasteiger partial charge >= 0.3 is 12.0 Å². The molecule has 1 heterocycles. The van der Waals surface area contributed by atoms with E-state index in [4.69, 9.17) is 5.11 Å². The Hall–Kier alpha value is -1.63. The number of carboxylic acids is 1. The van der Waals surface area contributed by atoms with Crippen LogP contribution in [0.15, 0.2) is 0 Å². The Balaban J connectivity index is 2.17. The maximum atomic E-state index is 12.6. The first-order chi connectivity index (χ1) is 9.78. The van der Waals surface area contributed by atoms with Gasteiger partial charge in [-0.2, -0.15) is 0 Å². The average molecular weight is 298 g/mol. The third-order valence-corrected chi connectivity index (χ3v) is 4.38. The van der Waals surface area contributed by atoms with Crippen molar-refractivity contribution in [3.8, 4) is 0 Å². The standard InChI is InChI=1S/C14H22N2O5/c1-13(21,11(18)19)9-16-10(17)14(15-12(16)20)7-5-3-2-4-6-8-14/h21H,2-9H2,1H3,(H,15,20)(H,18,19). The second-order valence-electron chi connectivity index (χ2n) is 6.25. The lowest BCUT2D eigenvalue weighted by molar-refractivity contribution is -0.158. The Kier molecular flexibility index (Phi) is 4.22. The summed E-state index contributed by atoms with van der Waals surface area (Å²) >= 11 is 0. The molecule has 7 heteroatoms. The number of imide groups is 1. The number of carbonyl (C=O) groups excluding carboxylic acids is 2. The van der Waals surface area contributed by atoms with Gasteiger partial charge in [-0.1, -0.05) is 32.1 Å². The molecule has 1 spiro atoms. The van der Waals surface area contributed by atoms with Gasteiger partial charge in [0, 0.05) is 0 Å². The van der Waals surface area contributed by atoms with Crippen LogP contribution in [-0.2, 0) is 9.59 Å². The molecule has 21 heavy (non-hydrogen) atoms. The summed E-state index contributed by atoms with van der Waals surface area (Å²) in [5, 5.41) is 21.5. The van der Waals surface area contributed by atoms with Crippen LogP contribution in [-0.4, -0.2) is 50.7 Å². The Labute approximate surface area is 123 Å². The van der Waals surface area contributed by atoms with Crippen molar-refractivity contribution in [3.05, 3.63) is 0 Å². The number of hydrogen-bond donors (Lipinski definition) is 3. The van der Waals surface area contributed by atoms with Crippen molar-refractivity contribution in [2.24, 2.45) is 0 Å². The van der Waals surface area contributed by atoms with Gasteiger partial charge < -0.3 is 15.5 Å². The molecule has 0 aromatic heterocycles. The Morgan fingerprint density at radius 3 is 2.29 bits per heavy atom. The number of nitrogens with one attached hydrogen (secondary N) is 1. The van der Waals surface area contributed by atoms with Crippen molar-refractivity contribution in [1.29, 1.82) is 0 Å². The van der Waals surface area contributed by atoms with Gasteiger partial charge in [-0.25, -0.2) is 9.59 Å². The lowest BCUT2D eigenvalue weighted by atomic mass is 9.84. The van der Waals surface area contributed by atoms with Crippen molar-refractivity contribution < 1.29 is 24.6 Å². The number of rotatable bonds is 3. The number of carboxylic acid groups (broad SMARTS) is 1. The molecule has 1 aliphatic heterocycles. The number of amides is 3. The van der Waals surface area contributed by atoms with Crippen LogP contribution in [0.3, 0.4) is 0 Å². The molecule has 7 nitrogen and oxygen atoms in total. The molecule has 0 bridgehead atoms. The fraction of sp³-hybridized carbons (Fsp3) is 0.786. The number of urea groups is 1. The fourth-order valence-electron chi connectivity index (χ4n) is 3.04. The molecule has 1 saturated carbocycles. The van der Waals surface area contributed by atoms with Crippen LogP contribution < -0.4 is 5.32 Å². The van der Waals surface area contributed by atoms with E-state index in [1.54, 1.807) is 0 Å². The monoisotopic (exact) mass is 298 g/mol. The molecule has 3 N–H and O–H groups in total. The number of carbonyl (C=O) groups is 3. The van der Waals surface area contributed by atoms with Crippen LogP contribution >= 0.6 is 0 Å². The van der Waals surface area contributed by atoms with Crippen molar-refractivity contribution in [3.63, 3.8) is 0 Å². The molecule has 1 unspecified atom stereocenters. The third kappa shape index (κ3) is 3.02. The fourth-order valence-corrected chi connectivity index (χ4v) is 3.04. The molecule has 0 radical (unpaired) electrons. The van der Waals surface area contributed by atoms with E-state index < -0.39 is 35.6 Å². The number of β-amino-alcohol motifs (C(OH)–C–C–N with tert-alkyl or cyclic N) is 1. The van der Waals surface area contributed by atoms with Crippen LogP contribution in [0.25, 0.3) is 0 Å². The Morgan fingerprint density at radius 2 is 1.76 bits per heavy atom. The van der Waals surface area contributed by atoms with Gasteiger partial charge in [0.05, 0.1) is 6.54 Å². The number of nitrogens with zero attached hydrogens (tertiary/aromatic N) is 1. The number of aliphatic carboxylic acids is 1. The van der Waals surface area contributed by atoms with Crippen molar-refractivity contribution in [2.75, 3.05) is 6.54 Å². The Morgan fingerprint density at radius 1 is 1.24 bits per heavy atom. The van der Waals surface area contributed by atoms with E-state index in [0.29, 0.717) is 12.8 Å². The van der Waals surface area contributed by atoms with Gasteiger partial charge in [0.2, 0.25) is 0 Å². The summed E-state index contributed by atoms with van der Waals surface area (Å²) in [6.07, 6.45) is 6.04. The molecule has 118 valence electrons. The Bertz CT molecular complexity index is 452. The molecule has 3 amide bonds. The van der Waals surface area contributed by atoms with Crippen LogP contribution in [0.4, 0.5) is 4.79 Å². The van der Waals surface area contributed by atoms with Gasteiger partial charge in [0.1, 0.15) is 5.54 Å². The molecule has 2 fully saturated rings. The quantitative estimate of drug-likeness (QED) is 0.670. The minimum absolute atomic E-state index is 0.407. The first kappa shape index (κ1) is 15.8. The van der Waals surface area contributed by atoms with Gasteiger partial charge in [-0.05, 0) is 19.8 Å². The largest absolute Gasteiger partial charge is 0.479 e. The van der Waals surface area contributed by atoms with Crippen LogP contribution in [0, 0.1) is 0 Å². The first-order valence-electron chi connectivity index (χ1n) is 7.38. The summed E-state index contributed by atoms with van der Waals surface area (Å²) in [5.41, 5.74) is -3.05. The van der Waals surface area contributed by atoms with E-state index in [0.717, 1.165) is 43.9 Å². The predicted molar refractivity (Wildman–Crippen MR) is 73.6 cm³/mol. The highest BCUT2D eigenvalue weighted by Crippen LogP contribution is 2.32. The minimum Gasteiger partial charge on any atom is -0.479 e. The lowest BCUT2D eigenvalue weighted by Crippen LogP contribution is -2.51. The topological polar surface area (TPSA) is 107 Å². The van der Waals surface area contributed by atoms with E-state index in [-0.39, 0.29) is 0 Å². The van der Waals surface area contributed by atoms with Gasteiger partial charge in [0.15, 0.2) is 5.60 Å². The number of aliphatic hydroxyl groups is 1. The molecular weight excluding hydrogens is 276 g/mol. The van der Waals surface area contributed by atoms with Gasteiger partial charge in [0.25, 0.3) is 5.91 Å². The maximum Gasteiger partial charge on any atom is 0.337 e. The van der Waals surface area contributed by atoms with E-state index >= 15 is 0 Å². The smallest absolute Gasteiger partial charge is 0.337 e. The predicted octanol–water partition coefficient (Wildman–Crippen LogP) is 0.857. The van der Waals surface area contributed by atoms with Crippen molar-refractivity contribution >= 4 is 17.9 Å². The van der Waals surface area contributed by atoms with Gasteiger partial charge in [-0.3, -0.25) is 9.69 Å². The molecule has 1 saturated heterocycles. The maximum absolute atomic E-state index is 12.6. The molecule has 1 aliphatic carbocycles. The first-order valence-corrected chi connectivity index (χ1v) is 7.38. The zero-order valence-electron chi connectivity index (χ0n) is 12.2. The lowest BCUT2D eigenvalue weighted by Gasteiger charge is -2.29. The normalized spacial score (nSPS) is 25.1. The summed E-state index contributed by atoms with van der Waals surface area (Å²) in [4.78, 5) is 36.5. The van der Waals surface area contributed by atoms with Crippen molar-refractivity contribution in [1.82, 2.24) is 10.2 Å². The zero-order chi connectivity index (χ0) is 15.7. The summed E-state index contributed by atoms with van der Waals surface area (Å²) in [7, 11) is 0. The van der Waals surface area contributed by atoms with Crippen LogP contribution in [0.1, 0.15) is 51.9 Å². The zero-order valence-corrected chi connectivity index (χ0v) is 12.2. The van der Waals surface area contributed by atoms with Crippen LogP contribution in [0.5, 0.6) is 0 Å². The highest BCUT2D eigenvalue weighted by Gasteiger charge is 2.52. The molecule has 2 aliphatic rings. The highest BCUT2D eigenvalue weighted by molar-refractivity contribution is 6.07. The number of hydrogen-bond acceptors (Lipinski definition) is 4. The van der Waals surface area contributed by atoms with E-state index in [1.807, 2.05) is 0 Å². The van der Waals surface area contributed by atoms with Gasteiger partial charge in [-0.15, -0.1) is 0 Å². The third-order valence-electron chi connectivity index (χ3n) is 4.38. The average Bonchev–Trinajstić information content (AvgIpc) is 2.59. The van der Waals surface area contributed by atoms with E-state index in [1.165, 1.54) is 0 Å². The second-order valence-corrected chi connectivity index (χ2v) is 6.25. The van der Waals surface area contributed by atoms with Crippen molar-refractivity contribution in [2.45, 2.75) is 63.0 Å². The second kappa shape index (κ2) is 5.63. The molecule has 0 aromatic carbocycles. The van der Waals surface area contributed by atoms with E-state index in [9.17, 15) is 19.5 Å². The summed E-state index contributed by atoms with van der Waals surface area (Å²) in [6.45, 7) is 0.549. The summed E-state index contributed by atoms with van der Waals surface area (Å²) in [6, 6.07) is -0.609. The molecule has 2 rings (SSSR count). The SMILES string of the molecule is CC(O)(CN1C(=O)NC2(CCCCCCC2)C1=O)C(=O)O. The highest BCUT2D eigenvalue weighted by atomic mass is 16.4. The molecule has 1 atom stereocenters. The van der Waals surface area contributed by atoms with Crippen LogP contribution in [0.2, 0.25) is 0 Å². The van der Waals surface area contributed by atoms with E-state index in [2.05, 4.69) is 5.32 Å². The molecule has 0 aromatic rings.